The van der Waals surface area contributed by atoms with Crippen LogP contribution in [0, 0.1) is 35.0 Å². The van der Waals surface area contributed by atoms with Crippen molar-refractivity contribution < 1.29 is 28.6 Å². The van der Waals surface area contributed by atoms with Crippen molar-refractivity contribution in [2.75, 3.05) is 33.9 Å². The van der Waals surface area contributed by atoms with Crippen LogP contribution in [-0.2, 0) is 28.6 Å². The Morgan fingerprint density at radius 3 is 1.34 bits per heavy atom. The molecule has 0 saturated heterocycles. The maximum atomic E-state index is 13.2. The fraction of sp³-hybridized carbons (Fsp3) is 0.935. The zero-order chi connectivity index (χ0) is 40.1. The van der Waals surface area contributed by atoms with Crippen LogP contribution in [-0.4, -0.2) is 62.8 Å². The van der Waals surface area contributed by atoms with Gasteiger partial charge in [-0.2, -0.15) is 0 Å². The van der Waals surface area contributed by atoms with Gasteiger partial charge in [0.05, 0.1) is 19.6 Å². The summed E-state index contributed by atoms with van der Waals surface area (Å²) >= 11 is 0. The van der Waals surface area contributed by atoms with Gasteiger partial charge in [0.15, 0.2) is 0 Å². The summed E-state index contributed by atoms with van der Waals surface area (Å²) in [6, 6.07) is 0. The minimum absolute atomic E-state index is 0.0479. The van der Waals surface area contributed by atoms with Crippen LogP contribution in [0.3, 0.4) is 0 Å². The van der Waals surface area contributed by atoms with E-state index in [1.165, 1.54) is 25.7 Å². The molecule has 7 heteroatoms. The zero-order valence-electron chi connectivity index (χ0n) is 37.0. The number of hydrogen-bond donors (Lipinski definition) is 0. The molecular formula is C46H89NO6. The second kappa shape index (κ2) is 31.6. The number of carbonyl (C=O) groups excluding carboxylic acids is 3. The fourth-order valence-electron chi connectivity index (χ4n) is 7.34. The van der Waals surface area contributed by atoms with Gasteiger partial charge in [0.2, 0.25) is 0 Å². The van der Waals surface area contributed by atoms with E-state index in [-0.39, 0.29) is 29.4 Å². The molecule has 0 heterocycles. The third-order valence-corrected chi connectivity index (χ3v) is 10.5. The predicted octanol–water partition coefficient (Wildman–Crippen LogP) is 12.4. The van der Waals surface area contributed by atoms with Gasteiger partial charge in [0.1, 0.15) is 6.10 Å². The topological polar surface area (TPSA) is 82.1 Å². The van der Waals surface area contributed by atoms with Crippen LogP contribution in [0.25, 0.3) is 0 Å². The lowest BCUT2D eigenvalue weighted by molar-refractivity contribution is -0.152. The zero-order valence-corrected chi connectivity index (χ0v) is 37.0. The van der Waals surface area contributed by atoms with Crippen LogP contribution < -0.4 is 0 Å². The summed E-state index contributed by atoms with van der Waals surface area (Å²) < 4.78 is 17.1. The van der Waals surface area contributed by atoms with Crippen LogP contribution in [0.4, 0.5) is 0 Å². The van der Waals surface area contributed by atoms with Crippen LogP contribution in [0.1, 0.15) is 204 Å². The van der Waals surface area contributed by atoms with Crippen molar-refractivity contribution in [1.29, 1.82) is 0 Å². The van der Waals surface area contributed by atoms with Gasteiger partial charge in [-0.25, -0.2) is 0 Å². The van der Waals surface area contributed by atoms with Gasteiger partial charge in [-0.3, -0.25) is 14.4 Å². The first kappa shape index (κ1) is 51.4. The fourth-order valence-corrected chi connectivity index (χ4v) is 7.34. The molecule has 0 aliphatic rings. The maximum absolute atomic E-state index is 13.2. The van der Waals surface area contributed by atoms with Crippen molar-refractivity contribution in [2.24, 2.45) is 35.0 Å². The summed E-state index contributed by atoms with van der Waals surface area (Å²) in [5.41, 5.74) is -0.0998. The minimum Gasteiger partial charge on any atom is -0.466 e. The summed E-state index contributed by atoms with van der Waals surface area (Å²) in [5, 5.41) is 0. The molecular weight excluding hydrogens is 663 g/mol. The first-order valence-corrected chi connectivity index (χ1v) is 22.1. The standard InChI is InChI=1S/C46H89NO6/c1-37(2)26-28-39(5)30-32-51-43(48)24-20-16-12-14-18-22-42(53-45(50)35-46(8,9)34-41(7)36-47(10)11)23-19-15-13-17-21-25-44(49)52-33-31-40(6)29-27-38(3)4/h37-42H,12-36H2,1-11H3. The molecule has 3 unspecified atom stereocenters. The first-order chi connectivity index (χ1) is 25.0. The highest BCUT2D eigenvalue weighted by Crippen LogP contribution is 2.31. The molecule has 0 rings (SSSR count). The van der Waals surface area contributed by atoms with E-state index in [1.54, 1.807) is 0 Å². The van der Waals surface area contributed by atoms with Gasteiger partial charge in [-0.05, 0) is 107 Å². The highest BCUT2D eigenvalue weighted by Gasteiger charge is 2.27. The molecule has 0 amide bonds. The van der Waals surface area contributed by atoms with Crippen LogP contribution >= 0.6 is 0 Å². The van der Waals surface area contributed by atoms with Gasteiger partial charge in [0, 0.05) is 19.4 Å². The van der Waals surface area contributed by atoms with E-state index in [9.17, 15) is 14.4 Å². The van der Waals surface area contributed by atoms with Crippen molar-refractivity contribution >= 4 is 17.9 Å². The van der Waals surface area contributed by atoms with Crippen LogP contribution in [0.5, 0.6) is 0 Å². The SMILES string of the molecule is CC(C)CCC(C)CCOC(=O)CCCCCCCC(CCCCCCCC(=O)OCCC(C)CCC(C)C)OC(=O)CC(C)(C)CC(C)CN(C)C. The Morgan fingerprint density at radius 1 is 0.509 bits per heavy atom. The average molecular weight is 752 g/mol. The van der Waals surface area contributed by atoms with Gasteiger partial charge in [-0.15, -0.1) is 0 Å². The molecule has 0 saturated carbocycles. The van der Waals surface area contributed by atoms with E-state index in [4.69, 9.17) is 14.2 Å². The highest BCUT2D eigenvalue weighted by atomic mass is 16.5. The molecule has 314 valence electrons. The van der Waals surface area contributed by atoms with E-state index in [2.05, 4.69) is 81.3 Å². The number of carbonyl (C=O) groups is 3. The molecule has 0 radical (unpaired) electrons. The minimum atomic E-state index is -0.0998. The molecule has 0 fully saturated rings. The van der Waals surface area contributed by atoms with Gasteiger partial charge in [0.25, 0.3) is 0 Å². The first-order valence-electron chi connectivity index (χ1n) is 22.1. The average Bonchev–Trinajstić information content (AvgIpc) is 3.04. The van der Waals surface area contributed by atoms with Crippen LogP contribution in [0.15, 0.2) is 0 Å². The number of hydrogen-bond acceptors (Lipinski definition) is 7. The van der Waals surface area contributed by atoms with E-state index >= 15 is 0 Å². The molecule has 0 aromatic rings. The molecule has 0 aliphatic carbocycles. The van der Waals surface area contributed by atoms with Crippen molar-refractivity contribution in [3.8, 4) is 0 Å². The number of esters is 3. The normalized spacial score (nSPS) is 14.4. The van der Waals surface area contributed by atoms with Gasteiger partial charge >= 0.3 is 17.9 Å². The quantitative estimate of drug-likeness (QED) is 0.0362. The molecule has 7 nitrogen and oxygen atoms in total. The number of unbranched alkanes of at least 4 members (excludes halogenated alkanes) is 8. The third-order valence-electron chi connectivity index (χ3n) is 10.5. The van der Waals surface area contributed by atoms with Crippen LogP contribution in [0.2, 0.25) is 0 Å². The Balaban J connectivity index is 4.53. The van der Waals surface area contributed by atoms with Crippen molar-refractivity contribution in [3.63, 3.8) is 0 Å². The van der Waals surface area contributed by atoms with E-state index in [0.29, 0.717) is 50.2 Å². The third kappa shape index (κ3) is 34.6. The summed E-state index contributed by atoms with van der Waals surface area (Å²) in [5.74, 6) is 2.95. The van der Waals surface area contributed by atoms with E-state index in [0.717, 1.165) is 115 Å². The number of rotatable bonds is 35. The Bertz CT molecular complexity index is 866. The Kier molecular flexibility index (Phi) is 30.6. The Morgan fingerprint density at radius 2 is 0.925 bits per heavy atom. The maximum Gasteiger partial charge on any atom is 0.306 e. The van der Waals surface area contributed by atoms with E-state index in [1.807, 2.05) is 0 Å². The molecule has 0 bridgehead atoms. The summed E-state index contributed by atoms with van der Waals surface area (Å²) in [4.78, 5) is 39.8. The molecule has 0 aliphatic heterocycles. The summed E-state index contributed by atoms with van der Waals surface area (Å²) in [6.07, 6.45) is 21.1. The van der Waals surface area contributed by atoms with Gasteiger partial charge in [-0.1, -0.05) is 127 Å². The molecule has 53 heavy (non-hydrogen) atoms. The molecule has 0 aromatic carbocycles. The molecule has 3 atom stereocenters. The van der Waals surface area contributed by atoms with E-state index < -0.39 is 0 Å². The smallest absolute Gasteiger partial charge is 0.306 e. The predicted molar refractivity (Wildman–Crippen MR) is 223 cm³/mol. The monoisotopic (exact) mass is 752 g/mol. The number of ether oxygens (including phenoxy) is 3. The lowest BCUT2D eigenvalue weighted by Gasteiger charge is -2.29. The summed E-state index contributed by atoms with van der Waals surface area (Å²) in [6.45, 7) is 22.2. The Hall–Kier alpha value is -1.63. The lowest BCUT2D eigenvalue weighted by atomic mass is 9.80. The largest absolute Gasteiger partial charge is 0.466 e. The van der Waals surface area contributed by atoms with Gasteiger partial charge < -0.3 is 19.1 Å². The second-order valence-electron chi connectivity index (χ2n) is 18.8. The second-order valence-corrected chi connectivity index (χ2v) is 18.8. The van der Waals surface area contributed by atoms with Crippen molar-refractivity contribution in [1.82, 2.24) is 4.90 Å². The molecule has 0 spiro atoms. The van der Waals surface area contributed by atoms with Crippen molar-refractivity contribution in [3.05, 3.63) is 0 Å². The summed E-state index contributed by atoms with van der Waals surface area (Å²) in [7, 11) is 4.19. The molecule has 0 N–H and O–H groups in total. The molecule has 0 aromatic heterocycles. The Labute approximate surface area is 329 Å². The number of nitrogens with zero attached hydrogens (tertiary/aromatic N) is 1. The van der Waals surface area contributed by atoms with Crippen molar-refractivity contribution in [2.45, 2.75) is 210 Å². The highest BCUT2D eigenvalue weighted by molar-refractivity contribution is 5.70. The lowest BCUT2D eigenvalue weighted by Crippen LogP contribution is -2.28.